The van der Waals surface area contributed by atoms with E-state index in [4.69, 9.17) is 4.74 Å². The molecule has 1 amide bonds. The van der Waals surface area contributed by atoms with Crippen LogP contribution in [-0.2, 0) is 11.2 Å². The molecule has 0 spiro atoms. The summed E-state index contributed by atoms with van der Waals surface area (Å²) in [6, 6.07) is 7.96. The molecule has 1 saturated carbocycles. The molecule has 2 N–H and O–H groups in total. The molecule has 0 heterocycles. The molecule has 4 nitrogen and oxygen atoms in total. The molecule has 0 atom stereocenters. The Morgan fingerprint density at radius 2 is 2.00 bits per heavy atom. The van der Waals surface area contributed by atoms with Crippen molar-refractivity contribution in [3.05, 3.63) is 29.8 Å². The molecule has 4 heteroatoms. The molecule has 110 valence electrons. The number of nitrogens with one attached hydrogen (secondary N) is 1. The van der Waals surface area contributed by atoms with E-state index in [9.17, 15) is 9.90 Å². The fourth-order valence-corrected chi connectivity index (χ4v) is 2.57. The summed E-state index contributed by atoms with van der Waals surface area (Å²) in [5, 5.41) is 12.4. The first-order valence-electron chi connectivity index (χ1n) is 7.37. The van der Waals surface area contributed by atoms with Crippen LogP contribution in [-0.4, -0.2) is 29.8 Å². The number of para-hydroxylation sites is 1. The van der Waals surface area contributed by atoms with Crippen LogP contribution >= 0.6 is 0 Å². The molecular weight excluding hydrogens is 254 g/mol. The Balaban J connectivity index is 1.77. The number of hydrogen-bond acceptors (Lipinski definition) is 3. The van der Waals surface area contributed by atoms with Crippen LogP contribution < -0.4 is 10.1 Å². The fourth-order valence-electron chi connectivity index (χ4n) is 2.57. The van der Waals surface area contributed by atoms with Gasteiger partial charge >= 0.3 is 0 Å². The highest BCUT2D eigenvalue weighted by atomic mass is 16.5. The topological polar surface area (TPSA) is 58.6 Å². The van der Waals surface area contributed by atoms with Gasteiger partial charge < -0.3 is 15.2 Å². The number of hydrogen-bond donors (Lipinski definition) is 2. The normalized spacial score (nSPS) is 22.3. The predicted molar refractivity (Wildman–Crippen MR) is 77.7 cm³/mol. The van der Waals surface area contributed by atoms with Gasteiger partial charge in [0.25, 0.3) is 5.91 Å². The zero-order valence-corrected chi connectivity index (χ0v) is 12.0. The number of aliphatic hydroxyl groups excluding tert-OH is 1. The number of benzene rings is 1. The minimum atomic E-state index is -0.198. The molecule has 1 aromatic rings. The van der Waals surface area contributed by atoms with Crippen LogP contribution in [0.3, 0.4) is 0 Å². The fraction of sp³-hybridized carbons (Fsp3) is 0.562. The Morgan fingerprint density at radius 1 is 1.30 bits per heavy atom. The van der Waals surface area contributed by atoms with Crippen LogP contribution in [0.15, 0.2) is 24.3 Å². The lowest BCUT2D eigenvalue weighted by molar-refractivity contribution is -0.124. The monoisotopic (exact) mass is 277 g/mol. The number of aliphatic hydroxyl groups is 1. The van der Waals surface area contributed by atoms with Gasteiger partial charge in [-0.1, -0.05) is 25.1 Å². The van der Waals surface area contributed by atoms with Gasteiger partial charge in [0, 0.05) is 6.04 Å². The maximum atomic E-state index is 11.9. The molecule has 0 aliphatic heterocycles. The lowest BCUT2D eigenvalue weighted by atomic mass is 9.93. The van der Waals surface area contributed by atoms with Crippen molar-refractivity contribution in [3.8, 4) is 5.75 Å². The van der Waals surface area contributed by atoms with Crippen molar-refractivity contribution in [3.63, 3.8) is 0 Å². The van der Waals surface area contributed by atoms with Gasteiger partial charge in [0.2, 0.25) is 0 Å². The Kier molecular flexibility index (Phi) is 5.41. The highest BCUT2D eigenvalue weighted by Crippen LogP contribution is 2.19. The van der Waals surface area contributed by atoms with E-state index in [1.165, 1.54) is 0 Å². The first kappa shape index (κ1) is 14.9. The minimum Gasteiger partial charge on any atom is -0.483 e. The van der Waals surface area contributed by atoms with Gasteiger partial charge in [0.15, 0.2) is 6.61 Å². The van der Waals surface area contributed by atoms with Gasteiger partial charge in [-0.3, -0.25) is 4.79 Å². The van der Waals surface area contributed by atoms with Crippen LogP contribution in [0.5, 0.6) is 5.75 Å². The van der Waals surface area contributed by atoms with E-state index in [1.54, 1.807) is 0 Å². The van der Waals surface area contributed by atoms with Crippen molar-refractivity contribution in [2.75, 3.05) is 6.61 Å². The molecule has 0 radical (unpaired) electrons. The Hall–Kier alpha value is -1.55. The second-order valence-corrected chi connectivity index (χ2v) is 5.32. The van der Waals surface area contributed by atoms with E-state index in [1.807, 2.05) is 24.3 Å². The van der Waals surface area contributed by atoms with E-state index in [0.717, 1.165) is 43.4 Å². The summed E-state index contributed by atoms with van der Waals surface area (Å²) in [5.41, 5.74) is 1.11. The van der Waals surface area contributed by atoms with Crippen molar-refractivity contribution < 1.29 is 14.6 Å². The number of ether oxygens (including phenoxy) is 1. The second kappa shape index (κ2) is 7.29. The van der Waals surface area contributed by atoms with Crippen molar-refractivity contribution in [1.29, 1.82) is 0 Å². The highest BCUT2D eigenvalue weighted by molar-refractivity contribution is 5.77. The van der Waals surface area contributed by atoms with Gasteiger partial charge in [-0.15, -0.1) is 0 Å². The van der Waals surface area contributed by atoms with Crippen LogP contribution in [0.25, 0.3) is 0 Å². The zero-order chi connectivity index (χ0) is 14.4. The summed E-state index contributed by atoms with van der Waals surface area (Å²) in [6.45, 7) is 2.12. The van der Waals surface area contributed by atoms with Gasteiger partial charge in [-0.05, 0) is 43.7 Å². The summed E-state index contributed by atoms with van der Waals surface area (Å²) >= 11 is 0. The molecular formula is C16H23NO3. The molecule has 0 saturated heterocycles. The number of rotatable bonds is 5. The van der Waals surface area contributed by atoms with Gasteiger partial charge in [0.05, 0.1) is 6.10 Å². The SMILES string of the molecule is CCc1ccccc1OCC(=O)NC1CCC(O)CC1. The van der Waals surface area contributed by atoms with Crippen LogP contribution in [0, 0.1) is 0 Å². The zero-order valence-electron chi connectivity index (χ0n) is 12.0. The molecule has 0 aromatic heterocycles. The van der Waals surface area contributed by atoms with Gasteiger partial charge in [0.1, 0.15) is 5.75 Å². The number of aryl methyl sites for hydroxylation is 1. The summed E-state index contributed by atoms with van der Waals surface area (Å²) in [6.07, 6.45) is 3.92. The third kappa shape index (κ3) is 4.23. The third-order valence-corrected chi connectivity index (χ3v) is 3.77. The quantitative estimate of drug-likeness (QED) is 0.866. The lowest BCUT2D eigenvalue weighted by Gasteiger charge is -2.26. The summed E-state index contributed by atoms with van der Waals surface area (Å²) in [4.78, 5) is 11.9. The van der Waals surface area contributed by atoms with E-state index in [0.29, 0.717) is 0 Å². The van der Waals surface area contributed by atoms with Crippen molar-refractivity contribution >= 4 is 5.91 Å². The maximum Gasteiger partial charge on any atom is 0.258 e. The van der Waals surface area contributed by atoms with E-state index < -0.39 is 0 Å². The van der Waals surface area contributed by atoms with Crippen molar-refractivity contribution in [2.45, 2.75) is 51.2 Å². The first-order valence-corrected chi connectivity index (χ1v) is 7.37. The molecule has 1 aliphatic carbocycles. The predicted octanol–water partition coefficient (Wildman–Crippen LogP) is 2.05. The van der Waals surface area contributed by atoms with E-state index in [2.05, 4.69) is 12.2 Å². The largest absolute Gasteiger partial charge is 0.483 e. The summed E-state index contributed by atoms with van der Waals surface area (Å²) in [5.74, 6) is 0.696. The summed E-state index contributed by atoms with van der Waals surface area (Å²) < 4.78 is 5.59. The standard InChI is InChI=1S/C16H23NO3/c1-2-12-5-3-4-6-15(12)20-11-16(19)17-13-7-9-14(18)10-8-13/h3-6,13-14,18H,2,7-11H2,1H3,(H,17,19). The average molecular weight is 277 g/mol. The van der Waals surface area contributed by atoms with E-state index in [-0.39, 0.29) is 24.7 Å². The lowest BCUT2D eigenvalue weighted by Crippen LogP contribution is -2.40. The summed E-state index contributed by atoms with van der Waals surface area (Å²) in [7, 11) is 0. The Bertz CT molecular complexity index is 439. The van der Waals surface area contributed by atoms with Crippen LogP contribution in [0.2, 0.25) is 0 Å². The molecule has 1 fully saturated rings. The number of carbonyl (C=O) groups is 1. The first-order chi connectivity index (χ1) is 9.69. The highest BCUT2D eigenvalue weighted by Gasteiger charge is 2.20. The van der Waals surface area contributed by atoms with Crippen molar-refractivity contribution in [2.24, 2.45) is 0 Å². The van der Waals surface area contributed by atoms with Gasteiger partial charge in [-0.25, -0.2) is 0 Å². The number of amides is 1. The second-order valence-electron chi connectivity index (χ2n) is 5.32. The Labute approximate surface area is 120 Å². The number of carbonyl (C=O) groups excluding carboxylic acids is 1. The molecule has 2 rings (SSSR count). The van der Waals surface area contributed by atoms with Crippen LogP contribution in [0.4, 0.5) is 0 Å². The molecule has 1 aliphatic rings. The Morgan fingerprint density at radius 3 is 2.70 bits per heavy atom. The molecule has 20 heavy (non-hydrogen) atoms. The van der Waals surface area contributed by atoms with Crippen LogP contribution in [0.1, 0.15) is 38.2 Å². The minimum absolute atomic E-state index is 0.0517. The van der Waals surface area contributed by atoms with Gasteiger partial charge in [-0.2, -0.15) is 0 Å². The maximum absolute atomic E-state index is 11.9. The average Bonchev–Trinajstić information content (AvgIpc) is 2.48. The van der Waals surface area contributed by atoms with E-state index >= 15 is 0 Å². The van der Waals surface area contributed by atoms with Crippen molar-refractivity contribution in [1.82, 2.24) is 5.32 Å². The molecule has 1 aromatic carbocycles. The smallest absolute Gasteiger partial charge is 0.258 e. The molecule has 0 bridgehead atoms. The molecule has 0 unspecified atom stereocenters. The third-order valence-electron chi connectivity index (χ3n) is 3.77.